The lowest BCUT2D eigenvalue weighted by Gasteiger charge is -2.25. The van der Waals surface area contributed by atoms with Crippen LogP contribution in [0, 0.1) is 5.92 Å². The minimum absolute atomic E-state index is 0.543. The van der Waals surface area contributed by atoms with Crippen LogP contribution >= 0.6 is 0 Å². The summed E-state index contributed by atoms with van der Waals surface area (Å²) in [6.07, 6.45) is 0. The highest BCUT2D eigenvalue weighted by Gasteiger charge is 2.38. The van der Waals surface area contributed by atoms with Gasteiger partial charge in [-0.05, 0) is 12.8 Å². The quantitative estimate of drug-likeness (QED) is 0.658. The summed E-state index contributed by atoms with van der Waals surface area (Å²) in [5.41, 5.74) is 0. The van der Waals surface area contributed by atoms with E-state index in [1.807, 2.05) is 6.92 Å². The second kappa shape index (κ2) is 10.8. The van der Waals surface area contributed by atoms with Gasteiger partial charge in [0.2, 0.25) is 0 Å². The van der Waals surface area contributed by atoms with E-state index in [1.54, 1.807) is 21.3 Å². The van der Waals surface area contributed by atoms with Gasteiger partial charge >= 0.3 is 8.80 Å². The van der Waals surface area contributed by atoms with E-state index in [-0.39, 0.29) is 0 Å². The van der Waals surface area contributed by atoms with E-state index in [9.17, 15) is 0 Å². The number of hydrogen-bond acceptors (Lipinski definition) is 4. The SMILES string of the molecule is CCO[SiH3].CO[Si](CC(C)C)(OC)OC. The lowest BCUT2D eigenvalue weighted by molar-refractivity contribution is 0.119. The van der Waals surface area contributed by atoms with Crippen molar-refractivity contribution in [3.8, 4) is 0 Å². The zero-order chi connectivity index (χ0) is 12.3. The van der Waals surface area contributed by atoms with Gasteiger partial charge in [-0.25, -0.2) is 0 Å². The molecule has 0 aromatic heterocycles. The molecule has 0 radical (unpaired) electrons. The Hall–Kier alpha value is 0.274. The van der Waals surface area contributed by atoms with Gasteiger partial charge in [0, 0.05) is 34.0 Å². The van der Waals surface area contributed by atoms with Crippen molar-refractivity contribution >= 4 is 19.3 Å². The molecule has 0 heterocycles. The second-order valence-corrected chi connectivity index (χ2v) is 7.05. The fourth-order valence-electron chi connectivity index (χ4n) is 1.00. The van der Waals surface area contributed by atoms with Crippen LogP contribution in [-0.4, -0.2) is 47.2 Å². The van der Waals surface area contributed by atoms with Gasteiger partial charge in [0.25, 0.3) is 0 Å². The second-order valence-electron chi connectivity index (χ2n) is 3.47. The summed E-state index contributed by atoms with van der Waals surface area (Å²) in [6, 6.07) is 0.872. The Morgan fingerprint density at radius 3 is 1.47 bits per heavy atom. The summed E-state index contributed by atoms with van der Waals surface area (Å²) in [7, 11) is 3.53. The Balaban J connectivity index is 0. The van der Waals surface area contributed by atoms with Crippen molar-refractivity contribution in [2.24, 2.45) is 5.92 Å². The first kappa shape index (κ1) is 17.7. The van der Waals surface area contributed by atoms with Crippen molar-refractivity contribution in [2.45, 2.75) is 26.8 Å². The van der Waals surface area contributed by atoms with Crippen LogP contribution in [-0.2, 0) is 17.7 Å². The number of rotatable bonds is 6. The third-order valence-electron chi connectivity index (χ3n) is 1.88. The Bertz CT molecular complexity index is 119. The highest BCUT2D eigenvalue weighted by molar-refractivity contribution is 6.60. The lowest BCUT2D eigenvalue weighted by atomic mass is 10.3. The minimum atomic E-state index is -2.28. The molecule has 0 saturated heterocycles. The van der Waals surface area contributed by atoms with Gasteiger partial charge in [0.15, 0.2) is 0 Å². The van der Waals surface area contributed by atoms with Crippen LogP contribution in [0.15, 0.2) is 0 Å². The first-order valence-corrected chi connectivity index (χ1v) is 7.91. The van der Waals surface area contributed by atoms with Gasteiger partial charge in [-0.15, -0.1) is 0 Å². The lowest BCUT2D eigenvalue weighted by Crippen LogP contribution is -2.43. The largest absolute Gasteiger partial charge is 0.500 e. The zero-order valence-electron chi connectivity index (χ0n) is 11.1. The number of hydrogen-bond donors (Lipinski definition) is 0. The smallest absolute Gasteiger partial charge is 0.428 e. The molecule has 0 bridgehead atoms. The molecule has 15 heavy (non-hydrogen) atoms. The molecule has 0 N–H and O–H groups in total. The molecule has 94 valence electrons. The molecule has 0 amide bonds. The fourth-order valence-corrected chi connectivity index (χ4v) is 3.00. The highest BCUT2D eigenvalue weighted by atomic mass is 28.4. The summed E-state index contributed by atoms with van der Waals surface area (Å²) >= 11 is 0. The Morgan fingerprint density at radius 1 is 1.07 bits per heavy atom. The first-order chi connectivity index (χ1) is 7.01. The zero-order valence-corrected chi connectivity index (χ0v) is 14.1. The molecule has 4 nitrogen and oxygen atoms in total. The van der Waals surface area contributed by atoms with Crippen LogP contribution in [0.5, 0.6) is 0 Å². The van der Waals surface area contributed by atoms with E-state index in [0.717, 1.165) is 23.1 Å². The van der Waals surface area contributed by atoms with Gasteiger partial charge in [-0.1, -0.05) is 13.8 Å². The van der Waals surface area contributed by atoms with Crippen molar-refractivity contribution in [3.63, 3.8) is 0 Å². The fraction of sp³-hybridized carbons (Fsp3) is 1.00. The van der Waals surface area contributed by atoms with Crippen LogP contribution < -0.4 is 0 Å². The van der Waals surface area contributed by atoms with E-state index in [2.05, 4.69) is 18.3 Å². The molecule has 0 atom stereocenters. The molecule has 0 aromatic carbocycles. The molecule has 0 aromatic rings. The summed E-state index contributed by atoms with van der Waals surface area (Å²) in [6.45, 7) is 7.12. The molecule has 0 saturated carbocycles. The van der Waals surface area contributed by atoms with Gasteiger partial charge in [0.05, 0.1) is 0 Å². The third kappa shape index (κ3) is 9.22. The summed E-state index contributed by atoms with van der Waals surface area (Å²) in [4.78, 5) is 0. The summed E-state index contributed by atoms with van der Waals surface area (Å²) in [5.74, 6) is 0.543. The van der Waals surface area contributed by atoms with Gasteiger partial charge < -0.3 is 17.7 Å². The maximum absolute atomic E-state index is 5.24. The van der Waals surface area contributed by atoms with Gasteiger partial charge in [-0.2, -0.15) is 0 Å². The van der Waals surface area contributed by atoms with Crippen LogP contribution in [0.4, 0.5) is 0 Å². The molecule has 0 fully saturated rings. The highest BCUT2D eigenvalue weighted by Crippen LogP contribution is 2.18. The molecule has 0 spiro atoms. The third-order valence-corrected chi connectivity index (χ3v) is 5.64. The van der Waals surface area contributed by atoms with Gasteiger partial charge in [0.1, 0.15) is 10.5 Å². The predicted octanol–water partition coefficient (Wildman–Crippen LogP) is 0.824. The van der Waals surface area contributed by atoms with E-state index >= 15 is 0 Å². The molecular formula is C9H26O4Si2. The van der Waals surface area contributed by atoms with Crippen LogP contribution in [0.3, 0.4) is 0 Å². The van der Waals surface area contributed by atoms with Crippen molar-refractivity contribution in [3.05, 3.63) is 0 Å². The van der Waals surface area contributed by atoms with Crippen LogP contribution in [0.2, 0.25) is 6.04 Å². The maximum Gasteiger partial charge on any atom is 0.500 e. The minimum Gasteiger partial charge on any atom is -0.428 e. The topological polar surface area (TPSA) is 36.9 Å². The molecule has 0 aliphatic heterocycles. The normalized spacial score (nSPS) is 11.4. The molecule has 0 aliphatic rings. The van der Waals surface area contributed by atoms with Crippen molar-refractivity contribution in [2.75, 3.05) is 27.9 Å². The van der Waals surface area contributed by atoms with Crippen LogP contribution in [0.1, 0.15) is 20.8 Å². The molecule has 0 unspecified atom stereocenters. The monoisotopic (exact) mass is 254 g/mol. The van der Waals surface area contributed by atoms with E-state index in [0.29, 0.717) is 5.92 Å². The average molecular weight is 254 g/mol. The Morgan fingerprint density at radius 2 is 1.40 bits per heavy atom. The predicted molar refractivity (Wildman–Crippen MR) is 68.0 cm³/mol. The maximum atomic E-state index is 5.24. The van der Waals surface area contributed by atoms with E-state index in [1.165, 1.54) is 0 Å². The Kier molecular flexibility index (Phi) is 12.7. The molecule has 0 aliphatic carbocycles. The average Bonchev–Trinajstić information content (AvgIpc) is 2.26. The summed E-state index contributed by atoms with van der Waals surface area (Å²) in [5, 5.41) is 0. The molecule has 0 rings (SSSR count). The first-order valence-electron chi connectivity index (χ1n) is 5.16. The molecule has 6 heteroatoms. The standard InChI is InChI=1S/C7H18O3Si.C2H8OSi/c1-7(2)6-11(8-3,9-4)10-5;1-2-3-4/h7H,6H2,1-5H3;2H2,1,4H3. The Labute approximate surface area is 98.2 Å². The van der Waals surface area contributed by atoms with Crippen molar-refractivity contribution in [1.82, 2.24) is 0 Å². The van der Waals surface area contributed by atoms with E-state index in [4.69, 9.17) is 13.3 Å². The van der Waals surface area contributed by atoms with Crippen molar-refractivity contribution < 1.29 is 17.7 Å². The van der Waals surface area contributed by atoms with Gasteiger partial charge in [-0.3, -0.25) is 0 Å². The molecular weight excluding hydrogens is 228 g/mol. The van der Waals surface area contributed by atoms with Crippen LogP contribution in [0.25, 0.3) is 0 Å². The van der Waals surface area contributed by atoms with E-state index < -0.39 is 8.80 Å². The van der Waals surface area contributed by atoms with Crippen molar-refractivity contribution in [1.29, 1.82) is 0 Å². The summed E-state index contributed by atoms with van der Waals surface area (Å²) < 4.78 is 20.4.